The Bertz CT molecular complexity index is 774. The molecule has 8 nitrogen and oxygen atoms in total. The average molecular weight is 428 g/mol. The van der Waals surface area contributed by atoms with Crippen LogP contribution in [0.5, 0.6) is 0 Å². The molecule has 2 unspecified atom stereocenters. The van der Waals surface area contributed by atoms with Crippen LogP contribution in [-0.2, 0) is 9.16 Å². The molecule has 0 amide bonds. The normalized spacial score (nSPS) is 25.6. The summed E-state index contributed by atoms with van der Waals surface area (Å²) in [7, 11) is -2.27. The van der Waals surface area contributed by atoms with Gasteiger partial charge in [0.15, 0.2) is 14.5 Å². The Balaban J connectivity index is 2.31. The molecule has 28 heavy (non-hydrogen) atoms. The molecular weight excluding hydrogens is 398 g/mol. The highest BCUT2D eigenvalue weighted by molar-refractivity contribution is 7.99. The van der Waals surface area contributed by atoms with Crippen molar-refractivity contribution in [3.63, 3.8) is 0 Å². The number of aliphatic hydroxyl groups excluding tert-OH is 2. The molecule has 1 aromatic heterocycles. The number of thioether (sulfide) groups is 1. The summed E-state index contributed by atoms with van der Waals surface area (Å²) >= 11 is 1.33. The fourth-order valence-corrected chi connectivity index (χ4v) is 4.60. The van der Waals surface area contributed by atoms with Gasteiger partial charge in [-0.2, -0.15) is 10.2 Å². The minimum atomic E-state index is -2.27. The van der Waals surface area contributed by atoms with Crippen molar-refractivity contribution in [2.24, 2.45) is 0 Å². The van der Waals surface area contributed by atoms with E-state index >= 15 is 0 Å². The molecule has 1 aliphatic rings. The average Bonchev–Trinajstić information content (AvgIpc) is 2.90. The van der Waals surface area contributed by atoms with Crippen LogP contribution in [-0.4, -0.2) is 58.8 Å². The van der Waals surface area contributed by atoms with Gasteiger partial charge >= 0.3 is 5.69 Å². The molecule has 1 aromatic rings. The first-order chi connectivity index (χ1) is 13.0. The summed E-state index contributed by atoms with van der Waals surface area (Å²) in [5, 5.41) is 29.2. The first kappa shape index (κ1) is 23.1. The van der Waals surface area contributed by atoms with Crippen molar-refractivity contribution in [3.8, 4) is 6.07 Å². The Kier molecular flexibility index (Phi) is 7.47. The van der Waals surface area contributed by atoms with Gasteiger partial charge in [-0.05, 0) is 24.2 Å². The van der Waals surface area contributed by atoms with Crippen LogP contribution in [0, 0.1) is 11.3 Å². The Morgan fingerprint density at radius 3 is 2.68 bits per heavy atom. The van der Waals surface area contributed by atoms with Gasteiger partial charge in [-0.1, -0.05) is 20.8 Å². The summed E-state index contributed by atoms with van der Waals surface area (Å²) in [6.07, 6.45) is -1.62. The summed E-state index contributed by atoms with van der Waals surface area (Å²) in [6.45, 7) is 9.99. The molecule has 0 saturated carbocycles. The van der Waals surface area contributed by atoms with E-state index in [1.807, 2.05) is 6.07 Å². The van der Waals surface area contributed by atoms with Crippen LogP contribution in [0.4, 0.5) is 0 Å². The van der Waals surface area contributed by atoms with E-state index in [4.69, 9.17) is 14.4 Å². The fourth-order valence-electron chi connectivity index (χ4n) is 2.61. The Hall–Kier alpha value is -1.22. The summed E-state index contributed by atoms with van der Waals surface area (Å²) in [5.41, 5.74) is -0.526. The first-order valence-electron chi connectivity index (χ1n) is 9.23. The maximum atomic E-state index is 12.6. The Morgan fingerprint density at radius 2 is 2.14 bits per heavy atom. The molecule has 1 fully saturated rings. The molecule has 10 heteroatoms. The van der Waals surface area contributed by atoms with Gasteiger partial charge in [-0.3, -0.25) is 4.57 Å². The summed E-state index contributed by atoms with van der Waals surface area (Å²) < 4.78 is 13.4. The number of nitrogens with zero attached hydrogens (tertiary/aromatic N) is 3. The third-order valence-corrected chi connectivity index (χ3v) is 10.7. The lowest BCUT2D eigenvalue weighted by molar-refractivity contribution is -0.0535. The lowest BCUT2D eigenvalue weighted by Crippen LogP contribution is -2.49. The molecule has 0 spiro atoms. The van der Waals surface area contributed by atoms with Crippen LogP contribution in [0.1, 0.15) is 33.4 Å². The number of hydrogen-bond acceptors (Lipinski definition) is 8. The summed E-state index contributed by atoms with van der Waals surface area (Å²) in [6, 6.07) is 3.72. The third kappa shape index (κ3) is 5.03. The molecule has 2 rings (SSSR count). The van der Waals surface area contributed by atoms with Crippen molar-refractivity contribution in [1.29, 1.82) is 5.26 Å². The zero-order chi connectivity index (χ0) is 21.1. The predicted octanol–water partition coefficient (Wildman–Crippen LogP) is 1.89. The largest absolute Gasteiger partial charge is 0.407 e. The van der Waals surface area contributed by atoms with Crippen LogP contribution in [0.15, 0.2) is 22.1 Å². The van der Waals surface area contributed by atoms with E-state index in [0.717, 1.165) is 0 Å². The second-order valence-corrected chi connectivity index (χ2v) is 14.2. The van der Waals surface area contributed by atoms with Gasteiger partial charge in [0.2, 0.25) is 0 Å². The maximum absolute atomic E-state index is 12.6. The van der Waals surface area contributed by atoms with Crippen LogP contribution >= 0.6 is 11.8 Å². The number of aliphatic hydroxyl groups is 2. The van der Waals surface area contributed by atoms with Gasteiger partial charge < -0.3 is 19.4 Å². The van der Waals surface area contributed by atoms with Crippen molar-refractivity contribution in [2.75, 3.05) is 12.4 Å². The van der Waals surface area contributed by atoms with Crippen molar-refractivity contribution in [1.82, 2.24) is 9.55 Å². The highest BCUT2D eigenvalue weighted by Gasteiger charge is 2.50. The van der Waals surface area contributed by atoms with Crippen molar-refractivity contribution < 1.29 is 19.4 Å². The summed E-state index contributed by atoms with van der Waals surface area (Å²) in [4.78, 5) is 16.6. The van der Waals surface area contributed by atoms with E-state index in [1.165, 1.54) is 16.3 Å². The topological polar surface area (TPSA) is 118 Å². The molecule has 2 N–H and O–H groups in total. The lowest BCUT2D eigenvalue weighted by atomic mass is 10.1. The van der Waals surface area contributed by atoms with E-state index in [0.29, 0.717) is 17.2 Å². The van der Waals surface area contributed by atoms with Crippen LogP contribution in [0.3, 0.4) is 0 Å². The Morgan fingerprint density at radius 1 is 1.46 bits per heavy atom. The van der Waals surface area contributed by atoms with E-state index in [2.05, 4.69) is 38.8 Å². The molecule has 4 atom stereocenters. The molecule has 1 saturated heterocycles. The fraction of sp³-hybridized carbons (Fsp3) is 0.722. The minimum absolute atomic E-state index is 0.0982. The monoisotopic (exact) mass is 427 g/mol. The second-order valence-electron chi connectivity index (χ2n) is 8.29. The van der Waals surface area contributed by atoms with Crippen molar-refractivity contribution in [2.45, 2.75) is 74.9 Å². The Labute approximate surface area is 170 Å². The van der Waals surface area contributed by atoms with Gasteiger partial charge in [-0.25, -0.2) is 4.79 Å². The minimum Gasteiger partial charge on any atom is -0.407 e. The zero-order valence-electron chi connectivity index (χ0n) is 17.0. The molecule has 0 radical (unpaired) electrons. The highest BCUT2D eigenvalue weighted by atomic mass is 32.2. The molecule has 0 bridgehead atoms. The molecule has 156 valence electrons. The van der Waals surface area contributed by atoms with Crippen molar-refractivity contribution in [3.05, 3.63) is 22.7 Å². The molecule has 2 heterocycles. The lowest BCUT2D eigenvalue weighted by Gasteiger charge is -2.40. The highest BCUT2D eigenvalue weighted by Crippen LogP contribution is 2.41. The van der Waals surface area contributed by atoms with Gasteiger partial charge in [0, 0.05) is 18.4 Å². The van der Waals surface area contributed by atoms with E-state index in [1.54, 1.807) is 12.3 Å². The summed E-state index contributed by atoms with van der Waals surface area (Å²) in [5.74, 6) is 0.551. The predicted molar refractivity (Wildman–Crippen MR) is 109 cm³/mol. The number of rotatable bonds is 7. The zero-order valence-corrected chi connectivity index (χ0v) is 18.8. The molecular formula is C18H29N3O5SSi. The standard InChI is InChI=1S/C18H29N3O5SSi/c1-18(2,3)28(4,5)26-15-14(23)12(11-22)25-16(15)21-9-7-13(20-17(21)24)27-10-6-8-19/h7,9,12,14-16,22-23H,6,10-11H2,1-5H3/t12-,14?,15?,16-/m1/s1. The van der Waals surface area contributed by atoms with Gasteiger partial charge in [-0.15, -0.1) is 11.8 Å². The van der Waals surface area contributed by atoms with E-state index in [9.17, 15) is 15.0 Å². The first-order valence-corrected chi connectivity index (χ1v) is 13.1. The maximum Gasteiger partial charge on any atom is 0.350 e. The van der Waals surface area contributed by atoms with Gasteiger partial charge in [0.05, 0.1) is 12.7 Å². The van der Waals surface area contributed by atoms with Crippen LogP contribution < -0.4 is 5.69 Å². The molecule has 0 aromatic carbocycles. The molecule has 1 aliphatic heterocycles. The number of aromatic nitrogens is 2. The number of hydrogen-bond donors (Lipinski definition) is 2. The van der Waals surface area contributed by atoms with Crippen LogP contribution in [0.25, 0.3) is 0 Å². The smallest absolute Gasteiger partial charge is 0.350 e. The van der Waals surface area contributed by atoms with E-state index < -0.39 is 38.5 Å². The van der Waals surface area contributed by atoms with Crippen molar-refractivity contribution >= 4 is 20.1 Å². The molecule has 0 aliphatic carbocycles. The van der Waals surface area contributed by atoms with Crippen LogP contribution in [0.2, 0.25) is 18.1 Å². The third-order valence-electron chi connectivity index (χ3n) is 5.27. The van der Waals surface area contributed by atoms with Gasteiger partial charge in [0.1, 0.15) is 23.3 Å². The number of nitriles is 1. The van der Waals surface area contributed by atoms with E-state index in [-0.39, 0.29) is 11.6 Å². The number of ether oxygens (including phenoxy) is 1. The SMILES string of the molecule is CC(C)(C)[Si](C)(C)OC1C(O)[C@@H](CO)O[C@H]1n1ccc(SCCC#N)nc1=O. The second kappa shape index (κ2) is 9.07. The quantitative estimate of drug-likeness (QED) is 0.293. The van der Waals surface area contributed by atoms with Gasteiger partial charge in [0.25, 0.3) is 0 Å².